The van der Waals surface area contributed by atoms with Gasteiger partial charge in [0.05, 0.1) is 0 Å². The van der Waals surface area contributed by atoms with Crippen LogP contribution in [0.25, 0.3) is 54.2 Å². The van der Waals surface area contributed by atoms with Crippen LogP contribution in [0.2, 0.25) is 0 Å². The maximum atomic E-state index is 2.39. The molecule has 0 heteroatoms. The van der Waals surface area contributed by atoms with E-state index in [9.17, 15) is 0 Å². The van der Waals surface area contributed by atoms with Crippen molar-refractivity contribution >= 4 is 43.1 Å². The number of unbranched alkanes of at least 4 members (excludes halogenated alkanes) is 2. The molecule has 0 aromatic heterocycles. The number of rotatable bonds is 13. The Kier molecular flexibility index (Phi) is 9.66. The number of hydrogen-bond acceptors (Lipinski definition) is 0. The van der Waals surface area contributed by atoms with Gasteiger partial charge in [0, 0.05) is 0 Å². The molecule has 0 radical (unpaired) electrons. The van der Waals surface area contributed by atoms with Crippen LogP contribution in [-0.2, 0) is 12.8 Å². The van der Waals surface area contributed by atoms with Crippen LogP contribution in [0, 0.1) is 11.8 Å². The first-order chi connectivity index (χ1) is 21.7. The molecule has 44 heavy (non-hydrogen) atoms. The molecule has 0 nitrogen and oxygen atoms in total. The standard InChI is InChI=1S/C44H50/c1-5-9-19-31(7-3)29-41-33-21-11-15-25-37(33)43(38-26-16-12-22-34(38)41)44-39-27-17-13-23-35(39)42(30-32(8-4)20-10-6-2)36-24-14-18-28-40(36)44/h11-18,21-28,31-32H,5-10,19-20,29-30H2,1-4H3. The van der Waals surface area contributed by atoms with Gasteiger partial charge in [0.1, 0.15) is 0 Å². The molecule has 2 atom stereocenters. The molecule has 0 N–H and O–H groups in total. The van der Waals surface area contributed by atoms with Crippen molar-refractivity contribution in [3.63, 3.8) is 0 Å². The van der Waals surface area contributed by atoms with Crippen molar-refractivity contribution in [2.45, 2.75) is 91.9 Å². The van der Waals surface area contributed by atoms with Crippen molar-refractivity contribution in [2.24, 2.45) is 11.8 Å². The molecule has 0 spiro atoms. The average Bonchev–Trinajstić information content (AvgIpc) is 3.08. The van der Waals surface area contributed by atoms with Crippen LogP contribution in [0.4, 0.5) is 0 Å². The zero-order chi connectivity index (χ0) is 30.5. The van der Waals surface area contributed by atoms with Gasteiger partial charge in [-0.15, -0.1) is 0 Å². The summed E-state index contributed by atoms with van der Waals surface area (Å²) in [4.78, 5) is 0. The SMILES string of the molecule is CCCCC(CC)Cc1c2ccccc2c(-c2c3ccccc3c(CC(CC)CCCC)c3ccccc23)c2ccccc12. The van der Waals surface area contributed by atoms with E-state index < -0.39 is 0 Å². The molecular weight excluding hydrogens is 528 g/mol. The van der Waals surface area contributed by atoms with Crippen LogP contribution < -0.4 is 0 Å². The minimum Gasteiger partial charge on any atom is -0.0654 e. The third-order valence-corrected chi connectivity index (χ3v) is 10.4. The van der Waals surface area contributed by atoms with Crippen molar-refractivity contribution < 1.29 is 0 Å². The fourth-order valence-corrected chi connectivity index (χ4v) is 7.88. The lowest BCUT2D eigenvalue weighted by Gasteiger charge is -2.24. The fraction of sp³-hybridized carbons (Fsp3) is 0.364. The maximum absolute atomic E-state index is 2.39. The highest BCUT2D eigenvalue weighted by molar-refractivity contribution is 6.25. The van der Waals surface area contributed by atoms with Gasteiger partial charge < -0.3 is 0 Å². The molecule has 0 aliphatic rings. The van der Waals surface area contributed by atoms with Crippen LogP contribution in [-0.4, -0.2) is 0 Å². The Morgan fingerprint density at radius 1 is 0.386 bits per heavy atom. The normalized spacial score (nSPS) is 13.3. The van der Waals surface area contributed by atoms with Crippen molar-refractivity contribution in [2.75, 3.05) is 0 Å². The molecule has 6 aromatic carbocycles. The Labute approximate surface area is 265 Å². The summed E-state index contributed by atoms with van der Waals surface area (Å²) in [5.41, 5.74) is 5.88. The lowest BCUT2D eigenvalue weighted by Crippen LogP contribution is -2.06. The fourth-order valence-electron chi connectivity index (χ4n) is 7.88. The molecule has 6 aromatic rings. The van der Waals surface area contributed by atoms with Gasteiger partial charge in [-0.1, -0.05) is 176 Å². The molecule has 2 unspecified atom stereocenters. The second kappa shape index (κ2) is 14.0. The van der Waals surface area contributed by atoms with E-state index in [1.54, 1.807) is 0 Å². The van der Waals surface area contributed by atoms with Crippen molar-refractivity contribution in [1.82, 2.24) is 0 Å². The predicted molar refractivity (Wildman–Crippen MR) is 196 cm³/mol. The molecule has 6 rings (SSSR count). The van der Waals surface area contributed by atoms with Gasteiger partial charge in [0.2, 0.25) is 0 Å². The molecule has 0 fully saturated rings. The summed E-state index contributed by atoms with van der Waals surface area (Å²) >= 11 is 0. The van der Waals surface area contributed by atoms with E-state index in [4.69, 9.17) is 0 Å². The first-order valence-corrected chi connectivity index (χ1v) is 17.5. The quantitative estimate of drug-likeness (QED) is 0.120. The summed E-state index contributed by atoms with van der Waals surface area (Å²) in [7, 11) is 0. The molecule has 0 aliphatic carbocycles. The van der Waals surface area contributed by atoms with E-state index in [1.165, 1.54) is 117 Å². The maximum Gasteiger partial charge on any atom is -0.00141 e. The van der Waals surface area contributed by atoms with Gasteiger partial charge in [-0.05, 0) is 90.0 Å². The second-order valence-electron chi connectivity index (χ2n) is 13.1. The van der Waals surface area contributed by atoms with E-state index >= 15 is 0 Å². The molecule has 0 saturated carbocycles. The average molecular weight is 579 g/mol. The lowest BCUT2D eigenvalue weighted by molar-refractivity contribution is 0.451. The predicted octanol–water partition coefficient (Wildman–Crippen LogP) is 13.5. The molecule has 226 valence electrons. The number of hydrogen-bond donors (Lipinski definition) is 0. The Balaban J connectivity index is 1.67. The van der Waals surface area contributed by atoms with Crippen LogP contribution in [0.1, 0.15) is 90.2 Å². The Hall–Kier alpha value is -3.64. The lowest BCUT2D eigenvalue weighted by atomic mass is 9.79. The van der Waals surface area contributed by atoms with E-state index in [0.717, 1.165) is 12.8 Å². The minimum atomic E-state index is 0.716. The largest absolute Gasteiger partial charge is 0.0654 e. The third kappa shape index (κ3) is 5.77. The van der Waals surface area contributed by atoms with Gasteiger partial charge in [0.15, 0.2) is 0 Å². The summed E-state index contributed by atoms with van der Waals surface area (Å²) in [5, 5.41) is 11.3. The zero-order valence-corrected chi connectivity index (χ0v) is 27.5. The van der Waals surface area contributed by atoms with Crippen molar-refractivity contribution in [1.29, 1.82) is 0 Å². The van der Waals surface area contributed by atoms with E-state index in [0.29, 0.717) is 11.8 Å². The number of fused-ring (bicyclic) bond motifs is 4. The Morgan fingerprint density at radius 3 is 0.909 bits per heavy atom. The van der Waals surface area contributed by atoms with Crippen LogP contribution >= 0.6 is 0 Å². The van der Waals surface area contributed by atoms with Gasteiger partial charge >= 0.3 is 0 Å². The molecule has 0 aliphatic heterocycles. The van der Waals surface area contributed by atoms with Crippen LogP contribution in [0.5, 0.6) is 0 Å². The summed E-state index contributed by atoms with van der Waals surface area (Å²) in [6, 6.07) is 37.1. The topological polar surface area (TPSA) is 0 Å². The minimum absolute atomic E-state index is 0.716. The monoisotopic (exact) mass is 578 g/mol. The van der Waals surface area contributed by atoms with E-state index in [2.05, 4.69) is 125 Å². The first kappa shape index (κ1) is 30.4. The van der Waals surface area contributed by atoms with Gasteiger partial charge in [-0.3, -0.25) is 0 Å². The Morgan fingerprint density at radius 2 is 0.659 bits per heavy atom. The third-order valence-electron chi connectivity index (χ3n) is 10.4. The van der Waals surface area contributed by atoms with Crippen LogP contribution in [0.15, 0.2) is 97.1 Å². The molecule has 0 amide bonds. The zero-order valence-electron chi connectivity index (χ0n) is 27.5. The smallest absolute Gasteiger partial charge is 0.00141 e. The highest BCUT2D eigenvalue weighted by Crippen LogP contribution is 2.47. The molecular formula is C44H50. The summed E-state index contributed by atoms with van der Waals surface area (Å²) < 4.78 is 0. The van der Waals surface area contributed by atoms with Crippen LogP contribution in [0.3, 0.4) is 0 Å². The second-order valence-corrected chi connectivity index (χ2v) is 13.1. The van der Waals surface area contributed by atoms with Crippen molar-refractivity contribution in [3.05, 3.63) is 108 Å². The van der Waals surface area contributed by atoms with Gasteiger partial charge in [-0.25, -0.2) is 0 Å². The summed E-state index contributed by atoms with van der Waals surface area (Å²) in [6.07, 6.45) is 12.5. The van der Waals surface area contributed by atoms with E-state index in [-0.39, 0.29) is 0 Å². The molecule has 0 bridgehead atoms. The van der Waals surface area contributed by atoms with E-state index in [1.807, 2.05) is 0 Å². The highest BCUT2D eigenvalue weighted by atomic mass is 14.3. The molecule has 0 saturated heterocycles. The summed E-state index contributed by atoms with van der Waals surface area (Å²) in [6.45, 7) is 9.40. The highest BCUT2D eigenvalue weighted by Gasteiger charge is 2.23. The summed E-state index contributed by atoms with van der Waals surface area (Å²) in [5.74, 6) is 1.43. The van der Waals surface area contributed by atoms with Gasteiger partial charge in [-0.2, -0.15) is 0 Å². The van der Waals surface area contributed by atoms with Crippen molar-refractivity contribution in [3.8, 4) is 11.1 Å². The number of benzene rings is 6. The molecule has 0 heterocycles. The Bertz CT molecular complexity index is 1620. The van der Waals surface area contributed by atoms with Gasteiger partial charge in [0.25, 0.3) is 0 Å². The first-order valence-electron chi connectivity index (χ1n) is 17.5.